The summed E-state index contributed by atoms with van der Waals surface area (Å²) in [7, 11) is 0. The largest absolute Gasteiger partial charge is 0.354 e. The second-order valence-electron chi connectivity index (χ2n) is 6.61. The van der Waals surface area contributed by atoms with Crippen molar-refractivity contribution >= 4 is 22.6 Å². The summed E-state index contributed by atoms with van der Waals surface area (Å²) in [5.41, 5.74) is 6.05. The highest BCUT2D eigenvalue weighted by atomic mass is 16.2. The van der Waals surface area contributed by atoms with Crippen LogP contribution in [0.1, 0.15) is 11.1 Å². The quantitative estimate of drug-likeness (QED) is 0.447. The van der Waals surface area contributed by atoms with Gasteiger partial charge in [0.25, 0.3) is 0 Å². The maximum absolute atomic E-state index is 12.4. The molecule has 0 bridgehead atoms. The molecule has 1 aromatic heterocycles. The third kappa shape index (κ3) is 3.85. The van der Waals surface area contributed by atoms with Crippen LogP contribution in [0.25, 0.3) is 22.2 Å². The maximum Gasteiger partial charge on any atom is 0.319 e. The number of amides is 2. The van der Waals surface area contributed by atoms with E-state index < -0.39 is 0 Å². The van der Waals surface area contributed by atoms with Crippen molar-refractivity contribution in [1.29, 1.82) is 0 Å². The Bertz CT molecular complexity index is 1050. The average Bonchev–Trinajstić information content (AvgIpc) is 3.12. The van der Waals surface area contributed by atoms with Crippen LogP contribution in [0.3, 0.4) is 0 Å². The van der Waals surface area contributed by atoms with Crippen molar-refractivity contribution in [3.8, 4) is 11.3 Å². The van der Waals surface area contributed by atoms with E-state index in [0.717, 1.165) is 33.4 Å². The predicted molar refractivity (Wildman–Crippen MR) is 111 cm³/mol. The fourth-order valence-corrected chi connectivity index (χ4v) is 3.10. The summed E-state index contributed by atoms with van der Waals surface area (Å²) in [4.78, 5) is 15.8. The Labute approximate surface area is 158 Å². The molecule has 4 rings (SSSR count). The van der Waals surface area contributed by atoms with Crippen molar-refractivity contribution < 1.29 is 4.79 Å². The number of aromatic amines is 1. The number of aryl methyl sites for hydroxylation is 1. The van der Waals surface area contributed by atoms with Gasteiger partial charge in [0.15, 0.2) is 0 Å². The van der Waals surface area contributed by atoms with Gasteiger partial charge in [-0.2, -0.15) is 0 Å². The number of para-hydroxylation sites is 2. The SMILES string of the molecule is Cc1ccc(CNC(=O)Nc2ccccc2-c2cc3ccccc3[nH]2)cc1. The first-order valence-corrected chi connectivity index (χ1v) is 8.96. The fourth-order valence-electron chi connectivity index (χ4n) is 3.10. The van der Waals surface area contributed by atoms with Gasteiger partial charge in [-0.25, -0.2) is 4.79 Å². The van der Waals surface area contributed by atoms with Crippen molar-refractivity contribution in [2.24, 2.45) is 0 Å². The van der Waals surface area contributed by atoms with E-state index in [1.165, 1.54) is 5.56 Å². The normalized spacial score (nSPS) is 10.7. The molecule has 4 heteroatoms. The number of urea groups is 1. The van der Waals surface area contributed by atoms with Crippen LogP contribution in [-0.2, 0) is 6.54 Å². The zero-order valence-corrected chi connectivity index (χ0v) is 15.1. The zero-order valence-electron chi connectivity index (χ0n) is 15.1. The molecule has 4 aromatic rings. The molecule has 0 atom stereocenters. The molecule has 0 unspecified atom stereocenters. The summed E-state index contributed by atoms with van der Waals surface area (Å²) in [6, 6.07) is 25.9. The highest BCUT2D eigenvalue weighted by molar-refractivity contribution is 5.96. The lowest BCUT2D eigenvalue weighted by Gasteiger charge is -2.11. The maximum atomic E-state index is 12.4. The van der Waals surface area contributed by atoms with Gasteiger partial charge in [-0.3, -0.25) is 0 Å². The Hall–Kier alpha value is -3.53. The van der Waals surface area contributed by atoms with Gasteiger partial charge in [-0.05, 0) is 30.7 Å². The number of rotatable bonds is 4. The molecular weight excluding hydrogens is 334 g/mol. The molecule has 0 aliphatic carbocycles. The minimum Gasteiger partial charge on any atom is -0.354 e. The Morgan fingerprint density at radius 1 is 0.926 bits per heavy atom. The minimum absolute atomic E-state index is 0.223. The monoisotopic (exact) mass is 355 g/mol. The van der Waals surface area contributed by atoms with E-state index in [4.69, 9.17) is 0 Å². The molecular formula is C23H21N3O. The van der Waals surface area contributed by atoms with Gasteiger partial charge in [0, 0.05) is 28.7 Å². The molecule has 0 saturated carbocycles. The van der Waals surface area contributed by atoms with Gasteiger partial charge in [-0.15, -0.1) is 0 Å². The van der Waals surface area contributed by atoms with E-state index in [0.29, 0.717) is 6.54 Å². The lowest BCUT2D eigenvalue weighted by atomic mass is 10.1. The summed E-state index contributed by atoms with van der Waals surface area (Å²) >= 11 is 0. The zero-order chi connectivity index (χ0) is 18.6. The first-order valence-electron chi connectivity index (χ1n) is 8.96. The lowest BCUT2D eigenvalue weighted by molar-refractivity contribution is 0.252. The number of carbonyl (C=O) groups excluding carboxylic acids is 1. The van der Waals surface area contributed by atoms with Crippen molar-refractivity contribution in [2.45, 2.75) is 13.5 Å². The van der Waals surface area contributed by atoms with Gasteiger partial charge in [0.2, 0.25) is 0 Å². The highest BCUT2D eigenvalue weighted by Gasteiger charge is 2.10. The summed E-state index contributed by atoms with van der Waals surface area (Å²) in [5.74, 6) is 0. The molecule has 1 heterocycles. The van der Waals surface area contributed by atoms with E-state index in [2.05, 4.69) is 27.8 Å². The molecule has 27 heavy (non-hydrogen) atoms. The van der Waals surface area contributed by atoms with Crippen LogP contribution in [0.5, 0.6) is 0 Å². The number of aromatic nitrogens is 1. The van der Waals surface area contributed by atoms with E-state index >= 15 is 0 Å². The predicted octanol–water partition coefficient (Wildman–Crippen LogP) is 5.47. The molecule has 0 aliphatic rings. The van der Waals surface area contributed by atoms with E-state index in [1.807, 2.05) is 73.7 Å². The van der Waals surface area contributed by atoms with Crippen LogP contribution in [-0.4, -0.2) is 11.0 Å². The van der Waals surface area contributed by atoms with Crippen LogP contribution in [0, 0.1) is 6.92 Å². The molecule has 4 nitrogen and oxygen atoms in total. The van der Waals surface area contributed by atoms with E-state index in [1.54, 1.807) is 0 Å². The Balaban J connectivity index is 1.50. The summed E-state index contributed by atoms with van der Waals surface area (Å²) < 4.78 is 0. The molecule has 0 fully saturated rings. The standard InChI is InChI=1S/C23H21N3O/c1-16-10-12-17(13-11-16)15-24-23(27)26-21-9-5-3-7-19(21)22-14-18-6-2-4-8-20(18)25-22/h2-14,25H,15H2,1H3,(H2,24,26,27). The van der Waals surface area contributed by atoms with Gasteiger partial charge in [0.1, 0.15) is 0 Å². The first-order chi connectivity index (χ1) is 13.2. The Morgan fingerprint density at radius 3 is 2.48 bits per heavy atom. The fraction of sp³-hybridized carbons (Fsp3) is 0.0870. The lowest BCUT2D eigenvalue weighted by Crippen LogP contribution is -2.28. The molecule has 0 spiro atoms. The molecule has 3 aromatic carbocycles. The number of hydrogen-bond donors (Lipinski definition) is 3. The number of hydrogen-bond acceptors (Lipinski definition) is 1. The smallest absolute Gasteiger partial charge is 0.319 e. The number of H-pyrrole nitrogens is 1. The Kier molecular flexibility index (Phi) is 4.62. The minimum atomic E-state index is -0.223. The average molecular weight is 355 g/mol. The molecule has 2 amide bonds. The first kappa shape index (κ1) is 16.9. The van der Waals surface area contributed by atoms with Crippen molar-refractivity contribution in [3.63, 3.8) is 0 Å². The molecule has 3 N–H and O–H groups in total. The van der Waals surface area contributed by atoms with Crippen LogP contribution in [0.2, 0.25) is 0 Å². The van der Waals surface area contributed by atoms with Crippen LogP contribution >= 0.6 is 0 Å². The molecule has 134 valence electrons. The van der Waals surface area contributed by atoms with Crippen molar-refractivity contribution in [1.82, 2.24) is 10.3 Å². The summed E-state index contributed by atoms with van der Waals surface area (Å²) in [6.45, 7) is 2.53. The number of benzene rings is 3. The molecule has 0 aliphatic heterocycles. The van der Waals surface area contributed by atoms with Crippen LogP contribution in [0.15, 0.2) is 78.9 Å². The molecule has 0 radical (unpaired) electrons. The number of fused-ring (bicyclic) bond motifs is 1. The van der Waals surface area contributed by atoms with Crippen molar-refractivity contribution in [3.05, 3.63) is 90.0 Å². The van der Waals surface area contributed by atoms with Gasteiger partial charge in [-0.1, -0.05) is 66.2 Å². The van der Waals surface area contributed by atoms with Gasteiger partial charge < -0.3 is 15.6 Å². The van der Waals surface area contributed by atoms with Gasteiger partial charge in [0.05, 0.1) is 5.69 Å². The number of carbonyl (C=O) groups is 1. The Morgan fingerprint density at radius 2 is 1.67 bits per heavy atom. The summed E-state index contributed by atoms with van der Waals surface area (Å²) in [6.07, 6.45) is 0. The van der Waals surface area contributed by atoms with E-state index in [-0.39, 0.29) is 6.03 Å². The molecule has 0 saturated heterocycles. The third-order valence-electron chi connectivity index (χ3n) is 4.57. The summed E-state index contributed by atoms with van der Waals surface area (Å²) in [5, 5.41) is 7.02. The van der Waals surface area contributed by atoms with E-state index in [9.17, 15) is 4.79 Å². The topological polar surface area (TPSA) is 56.9 Å². The second-order valence-corrected chi connectivity index (χ2v) is 6.61. The van der Waals surface area contributed by atoms with Crippen LogP contribution < -0.4 is 10.6 Å². The number of nitrogens with one attached hydrogen (secondary N) is 3. The van der Waals surface area contributed by atoms with Crippen molar-refractivity contribution in [2.75, 3.05) is 5.32 Å². The van der Waals surface area contributed by atoms with Gasteiger partial charge >= 0.3 is 6.03 Å². The van der Waals surface area contributed by atoms with Crippen LogP contribution in [0.4, 0.5) is 10.5 Å². The third-order valence-corrected chi connectivity index (χ3v) is 4.57. The number of anilines is 1. The second kappa shape index (κ2) is 7.38. The highest BCUT2D eigenvalue weighted by Crippen LogP contribution is 2.29.